The summed E-state index contributed by atoms with van der Waals surface area (Å²) >= 11 is 0. The number of H-pyrrole nitrogens is 1. The second kappa shape index (κ2) is 8.24. The highest BCUT2D eigenvalue weighted by atomic mass is 16.2. The van der Waals surface area contributed by atoms with Gasteiger partial charge in [0.1, 0.15) is 0 Å². The van der Waals surface area contributed by atoms with E-state index in [1.54, 1.807) is 6.92 Å². The second-order valence-corrected chi connectivity index (χ2v) is 7.36. The van der Waals surface area contributed by atoms with Gasteiger partial charge in [-0.2, -0.15) is 5.26 Å². The standard InChI is InChI=1S/C24H24N2O2/c1-17-12-20-9-10-21(14-22(20)26-23(17)28)24(2,16-25)15-19-8-5-7-18(13-19)6-3-4-11-27/h3,5-10,12-14,27H,4,11,15H2,1-2H3,(H,26,28)/b6-3+. The van der Waals surface area contributed by atoms with Crippen molar-refractivity contribution >= 4 is 17.0 Å². The predicted octanol–water partition coefficient (Wildman–Crippen LogP) is 4.26. The number of nitrogens with zero attached hydrogens (tertiary/aromatic N) is 1. The van der Waals surface area contributed by atoms with Crippen molar-refractivity contribution in [3.8, 4) is 6.07 Å². The summed E-state index contributed by atoms with van der Waals surface area (Å²) in [5, 5.41) is 19.8. The molecule has 0 saturated carbocycles. The van der Waals surface area contributed by atoms with E-state index in [0.29, 0.717) is 18.4 Å². The minimum Gasteiger partial charge on any atom is -0.396 e. The number of aromatic amines is 1. The molecule has 1 heterocycles. The molecule has 142 valence electrons. The maximum atomic E-state index is 12.0. The number of aliphatic hydroxyl groups excluding tert-OH is 1. The molecule has 3 aromatic rings. The van der Waals surface area contributed by atoms with E-state index >= 15 is 0 Å². The van der Waals surface area contributed by atoms with E-state index in [0.717, 1.165) is 27.6 Å². The first-order valence-corrected chi connectivity index (χ1v) is 9.37. The van der Waals surface area contributed by atoms with E-state index in [-0.39, 0.29) is 12.2 Å². The highest BCUT2D eigenvalue weighted by molar-refractivity contribution is 5.80. The smallest absolute Gasteiger partial charge is 0.251 e. The number of hydrogen-bond donors (Lipinski definition) is 2. The van der Waals surface area contributed by atoms with Gasteiger partial charge >= 0.3 is 0 Å². The van der Waals surface area contributed by atoms with Crippen LogP contribution in [0.3, 0.4) is 0 Å². The highest BCUT2D eigenvalue weighted by Crippen LogP contribution is 2.30. The lowest BCUT2D eigenvalue weighted by molar-refractivity contribution is 0.303. The molecular weight excluding hydrogens is 348 g/mol. The van der Waals surface area contributed by atoms with Gasteiger partial charge in [-0.1, -0.05) is 48.6 Å². The lowest BCUT2D eigenvalue weighted by Crippen LogP contribution is -2.23. The van der Waals surface area contributed by atoms with Crippen LogP contribution < -0.4 is 5.56 Å². The average Bonchev–Trinajstić information content (AvgIpc) is 2.69. The average molecular weight is 372 g/mol. The Kier molecular flexibility index (Phi) is 5.77. The summed E-state index contributed by atoms with van der Waals surface area (Å²) in [6.07, 6.45) is 5.10. The molecule has 1 unspecified atom stereocenters. The lowest BCUT2D eigenvalue weighted by Gasteiger charge is -2.23. The van der Waals surface area contributed by atoms with Crippen molar-refractivity contribution in [2.45, 2.75) is 32.1 Å². The topological polar surface area (TPSA) is 76.9 Å². The third-order valence-electron chi connectivity index (χ3n) is 5.03. The van der Waals surface area contributed by atoms with E-state index in [1.807, 2.05) is 61.5 Å². The van der Waals surface area contributed by atoms with Crippen molar-refractivity contribution in [2.75, 3.05) is 6.61 Å². The maximum absolute atomic E-state index is 12.0. The Labute approximate surface area is 164 Å². The molecule has 0 fully saturated rings. The number of aryl methyl sites for hydroxylation is 1. The van der Waals surface area contributed by atoms with E-state index < -0.39 is 5.41 Å². The van der Waals surface area contributed by atoms with Crippen LogP contribution in [0.2, 0.25) is 0 Å². The van der Waals surface area contributed by atoms with Crippen LogP contribution in [0.4, 0.5) is 0 Å². The first-order valence-electron chi connectivity index (χ1n) is 9.37. The molecule has 2 aromatic carbocycles. The zero-order valence-corrected chi connectivity index (χ0v) is 16.2. The zero-order valence-electron chi connectivity index (χ0n) is 16.2. The number of nitriles is 1. The van der Waals surface area contributed by atoms with Crippen molar-refractivity contribution in [1.82, 2.24) is 4.98 Å². The normalized spacial score (nSPS) is 13.5. The highest BCUT2D eigenvalue weighted by Gasteiger charge is 2.27. The van der Waals surface area contributed by atoms with Crippen molar-refractivity contribution in [3.63, 3.8) is 0 Å². The monoisotopic (exact) mass is 372 g/mol. The van der Waals surface area contributed by atoms with Crippen molar-refractivity contribution < 1.29 is 5.11 Å². The Balaban J connectivity index is 1.94. The SMILES string of the molecule is Cc1cc2ccc(C(C)(C#N)Cc3cccc(/C=C/CCO)c3)cc2[nH]c1=O. The van der Waals surface area contributed by atoms with E-state index in [2.05, 4.69) is 17.1 Å². The van der Waals surface area contributed by atoms with Gasteiger partial charge in [0.25, 0.3) is 5.56 Å². The fourth-order valence-corrected chi connectivity index (χ4v) is 3.37. The molecule has 0 aliphatic heterocycles. The summed E-state index contributed by atoms with van der Waals surface area (Å²) in [4.78, 5) is 14.9. The fourth-order valence-electron chi connectivity index (χ4n) is 3.37. The van der Waals surface area contributed by atoms with Crippen LogP contribution in [0.1, 0.15) is 35.6 Å². The molecule has 1 atom stereocenters. The number of fused-ring (bicyclic) bond motifs is 1. The summed E-state index contributed by atoms with van der Waals surface area (Å²) in [5.41, 5.74) is 3.58. The largest absolute Gasteiger partial charge is 0.396 e. The molecule has 4 nitrogen and oxygen atoms in total. The van der Waals surface area contributed by atoms with E-state index in [4.69, 9.17) is 5.11 Å². The summed E-state index contributed by atoms with van der Waals surface area (Å²) in [7, 11) is 0. The van der Waals surface area contributed by atoms with Crippen LogP contribution in [0, 0.1) is 18.3 Å². The molecule has 0 aliphatic rings. The minimum absolute atomic E-state index is 0.106. The third kappa shape index (κ3) is 4.21. The maximum Gasteiger partial charge on any atom is 0.251 e. The molecule has 0 bridgehead atoms. The van der Waals surface area contributed by atoms with Crippen molar-refractivity contribution in [2.24, 2.45) is 0 Å². The van der Waals surface area contributed by atoms with Gasteiger partial charge in [-0.05, 0) is 60.9 Å². The van der Waals surface area contributed by atoms with Crippen LogP contribution in [-0.4, -0.2) is 16.7 Å². The summed E-state index contributed by atoms with van der Waals surface area (Å²) in [5.74, 6) is 0. The van der Waals surface area contributed by atoms with Crippen LogP contribution in [0.15, 0.2) is 59.4 Å². The van der Waals surface area contributed by atoms with Gasteiger partial charge in [0, 0.05) is 17.7 Å². The Bertz CT molecular complexity index is 1120. The van der Waals surface area contributed by atoms with Crippen LogP contribution in [0.25, 0.3) is 17.0 Å². The molecule has 4 heteroatoms. The van der Waals surface area contributed by atoms with Gasteiger partial charge in [0.15, 0.2) is 0 Å². The van der Waals surface area contributed by atoms with Crippen LogP contribution in [0.5, 0.6) is 0 Å². The number of pyridine rings is 1. The van der Waals surface area contributed by atoms with Crippen molar-refractivity contribution in [1.29, 1.82) is 5.26 Å². The first kappa shape index (κ1) is 19.6. The van der Waals surface area contributed by atoms with Crippen LogP contribution in [-0.2, 0) is 11.8 Å². The Morgan fingerprint density at radius 1 is 1.21 bits per heavy atom. The lowest BCUT2D eigenvalue weighted by atomic mass is 9.78. The van der Waals surface area contributed by atoms with Crippen LogP contribution >= 0.6 is 0 Å². The first-order chi connectivity index (χ1) is 13.4. The summed E-state index contributed by atoms with van der Waals surface area (Å²) < 4.78 is 0. The summed E-state index contributed by atoms with van der Waals surface area (Å²) in [6.45, 7) is 3.84. The molecular formula is C24H24N2O2. The number of nitrogens with one attached hydrogen (secondary N) is 1. The molecule has 0 radical (unpaired) electrons. The molecule has 1 aromatic heterocycles. The molecule has 28 heavy (non-hydrogen) atoms. The Morgan fingerprint density at radius 3 is 2.79 bits per heavy atom. The number of aromatic nitrogens is 1. The van der Waals surface area contributed by atoms with E-state index in [9.17, 15) is 10.1 Å². The minimum atomic E-state index is -0.719. The Morgan fingerprint density at radius 2 is 2.04 bits per heavy atom. The number of benzene rings is 2. The predicted molar refractivity (Wildman–Crippen MR) is 113 cm³/mol. The number of rotatable bonds is 6. The molecule has 3 rings (SSSR count). The van der Waals surface area contributed by atoms with Crippen molar-refractivity contribution in [3.05, 3.63) is 87.2 Å². The molecule has 0 aliphatic carbocycles. The van der Waals surface area contributed by atoms with Gasteiger partial charge in [-0.15, -0.1) is 0 Å². The van der Waals surface area contributed by atoms with Gasteiger partial charge < -0.3 is 10.1 Å². The fraction of sp³-hybridized carbons (Fsp3) is 0.250. The number of hydrogen-bond acceptors (Lipinski definition) is 3. The van der Waals surface area contributed by atoms with Gasteiger partial charge in [-0.25, -0.2) is 0 Å². The van der Waals surface area contributed by atoms with Gasteiger partial charge in [-0.3, -0.25) is 4.79 Å². The quantitative estimate of drug-likeness (QED) is 0.679. The van der Waals surface area contributed by atoms with Gasteiger partial charge in [0.2, 0.25) is 0 Å². The summed E-state index contributed by atoms with van der Waals surface area (Å²) in [6, 6.07) is 18.2. The zero-order chi connectivity index (χ0) is 20.1. The third-order valence-corrected chi connectivity index (χ3v) is 5.03. The molecule has 0 saturated heterocycles. The number of aliphatic hydroxyl groups is 1. The Hall–Kier alpha value is -3.16. The second-order valence-electron chi connectivity index (χ2n) is 7.36. The van der Waals surface area contributed by atoms with E-state index in [1.165, 1.54) is 0 Å². The molecule has 0 amide bonds. The molecule has 2 N–H and O–H groups in total. The molecule has 0 spiro atoms. The van der Waals surface area contributed by atoms with Gasteiger partial charge in [0.05, 0.1) is 11.5 Å².